The Kier molecular flexibility index (Phi) is 5.43. The lowest BCUT2D eigenvalue weighted by molar-refractivity contribution is 0.0486. The van der Waals surface area contributed by atoms with Crippen LogP contribution in [0.25, 0.3) is 11.1 Å². The van der Waals surface area contributed by atoms with Gasteiger partial charge in [-0.2, -0.15) is 4.98 Å². The Labute approximate surface area is 174 Å². The van der Waals surface area contributed by atoms with Crippen LogP contribution in [0.4, 0.5) is 6.01 Å². The number of aldehydes is 1. The molecule has 3 aromatic rings. The smallest absolute Gasteiger partial charge is 0.298 e. The maximum absolute atomic E-state index is 10.1. The van der Waals surface area contributed by atoms with Gasteiger partial charge in [-0.3, -0.25) is 4.79 Å². The van der Waals surface area contributed by atoms with Gasteiger partial charge in [-0.05, 0) is 44.2 Å². The van der Waals surface area contributed by atoms with Crippen LogP contribution in [0.2, 0.25) is 5.02 Å². The maximum atomic E-state index is 10.1. The predicted molar refractivity (Wildman–Crippen MR) is 112 cm³/mol. The van der Waals surface area contributed by atoms with E-state index in [-0.39, 0.29) is 0 Å². The van der Waals surface area contributed by atoms with Crippen LogP contribution in [-0.2, 0) is 0 Å². The number of aromatic nitrogens is 2. The first kappa shape index (κ1) is 19.7. The first-order valence-electron chi connectivity index (χ1n) is 9.48. The van der Waals surface area contributed by atoms with E-state index in [0.717, 1.165) is 36.5 Å². The molecule has 0 amide bonds. The number of halogens is 1. The second-order valence-electron chi connectivity index (χ2n) is 7.61. The molecule has 1 aliphatic heterocycles. The summed E-state index contributed by atoms with van der Waals surface area (Å²) in [6, 6.07) is 10.3. The van der Waals surface area contributed by atoms with Crippen molar-refractivity contribution in [1.82, 2.24) is 15.3 Å². The fourth-order valence-electron chi connectivity index (χ4n) is 3.95. The van der Waals surface area contributed by atoms with Crippen LogP contribution in [0.1, 0.15) is 23.2 Å². The van der Waals surface area contributed by atoms with E-state index < -0.39 is 0 Å². The number of rotatable bonds is 4. The molecule has 1 saturated carbocycles. The minimum Gasteiger partial charge on any atom is -0.481 e. The van der Waals surface area contributed by atoms with Crippen LogP contribution in [0.3, 0.4) is 0 Å². The summed E-state index contributed by atoms with van der Waals surface area (Å²) in [5.41, 5.74) is 2.71. The molecule has 2 aromatic heterocycles. The number of benzene rings is 1. The number of fused-ring (bicyclic) bond motifs is 1. The van der Waals surface area contributed by atoms with Gasteiger partial charge in [0.15, 0.2) is 11.9 Å². The number of ether oxygens (including phenoxy) is 1. The van der Waals surface area contributed by atoms with Gasteiger partial charge >= 0.3 is 0 Å². The summed E-state index contributed by atoms with van der Waals surface area (Å²) >= 11 is 5.96. The van der Waals surface area contributed by atoms with E-state index in [9.17, 15) is 4.79 Å². The van der Waals surface area contributed by atoms with Gasteiger partial charge in [0.1, 0.15) is 5.52 Å². The van der Waals surface area contributed by atoms with E-state index >= 15 is 0 Å². The lowest BCUT2D eigenvalue weighted by atomic mass is 9.61. The Hall–Kier alpha value is -2.64. The molecule has 1 saturated heterocycles. The number of pyridine rings is 1. The number of hydrogen-bond donors (Lipinski definition) is 1. The molecular formula is C21H23ClN4O3. The number of nitrogens with one attached hydrogen (secondary N) is 1. The molecule has 0 unspecified atom stereocenters. The SMILES string of the molecule is CNC1CC2(C1)CN(c1nc3cc(Cl)ccc3o1)C2.COc1ccc(C=O)cn1. The Morgan fingerprint density at radius 2 is 2.10 bits per heavy atom. The summed E-state index contributed by atoms with van der Waals surface area (Å²) in [5.74, 6) is 0.519. The zero-order chi connectivity index (χ0) is 20.4. The number of carbonyl (C=O) groups is 1. The first-order valence-corrected chi connectivity index (χ1v) is 9.85. The highest BCUT2D eigenvalue weighted by atomic mass is 35.5. The van der Waals surface area contributed by atoms with Gasteiger partial charge in [-0.15, -0.1) is 0 Å². The lowest BCUT2D eigenvalue weighted by Crippen LogP contribution is -2.66. The van der Waals surface area contributed by atoms with E-state index in [1.807, 2.05) is 25.2 Å². The molecule has 1 aliphatic carbocycles. The molecule has 3 heterocycles. The minimum absolute atomic E-state index is 0.506. The highest BCUT2D eigenvalue weighted by molar-refractivity contribution is 6.31. The molecule has 1 N–H and O–H groups in total. The third-order valence-corrected chi connectivity index (χ3v) is 5.77. The molecule has 2 fully saturated rings. The molecule has 0 radical (unpaired) electrons. The van der Waals surface area contributed by atoms with Crippen molar-refractivity contribution < 1.29 is 13.9 Å². The summed E-state index contributed by atoms with van der Waals surface area (Å²) in [4.78, 5) is 20.7. The van der Waals surface area contributed by atoms with Crippen molar-refractivity contribution in [3.05, 3.63) is 47.1 Å². The predicted octanol–water partition coefficient (Wildman–Crippen LogP) is 3.57. The highest BCUT2D eigenvalue weighted by Gasteiger charge is 2.52. The summed E-state index contributed by atoms with van der Waals surface area (Å²) in [6.45, 7) is 2.12. The first-order chi connectivity index (χ1) is 14.0. The number of hydrogen-bond acceptors (Lipinski definition) is 7. The molecule has 8 heteroatoms. The third-order valence-electron chi connectivity index (χ3n) is 5.53. The second-order valence-corrected chi connectivity index (χ2v) is 8.05. The van der Waals surface area contributed by atoms with Gasteiger partial charge in [0, 0.05) is 47.4 Å². The zero-order valence-electron chi connectivity index (χ0n) is 16.4. The molecule has 29 heavy (non-hydrogen) atoms. The maximum Gasteiger partial charge on any atom is 0.298 e. The average Bonchev–Trinajstić information content (AvgIpc) is 3.09. The molecule has 7 nitrogen and oxygen atoms in total. The van der Waals surface area contributed by atoms with Crippen LogP contribution < -0.4 is 15.0 Å². The number of oxazole rings is 1. The van der Waals surface area contributed by atoms with Crippen molar-refractivity contribution in [3.63, 3.8) is 0 Å². The Morgan fingerprint density at radius 1 is 1.31 bits per heavy atom. The summed E-state index contributed by atoms with van der Waals surface area (Å²) in [7, 11) is 3.57. The molecule has 2 aliphatic rings. The number of carbonyl (C=O) groups excluding carboxylic acids is 1. The van der Waals surface area contributed by atoms with E-state index in [0.29, 0.717) is 27.9 Å². The van der Waals surface area contributed by atoms with Crippen molar-refractivity contribution in [1.29, 1.82) is 0 Å². The van der Waals surface area contributed by atoms with E-state index in [4.69, 9.17) is 20.8 Å². The lowest BCUT2D eigenvalue weighted by Gasteiger charge is -2.58. The Bertz CT molecular complexity index is 991. The van der Waals surface area contributed by atoms with Gasteiger partial charge in [0.2, 0.25) is 5.88 Å². The summed E-state index contributed by atoms with van der Waals surface area (Å²) < 4.78 is 10.6. The molecule has 0 atom stereocenters. The normalized spacial score (nSPS) is 17.3. The minimum atomic E-state index is 0.506. The van der Waals surface area contributed by atoms with Gasteiger partial charge in [0.05, 0.1) is 7.11 Å². The summed E-state index contributed by atoms with van der Waals surface area (Å²) in [5, 5.41) is 4.03. The average molecular weight is 415 g/mol. The Balaban J connectivity index is 0.000000174. The molecule has 1 spiro atoms. The van der Waals surface area contributed by atoms with Gasteiger partial charge in [0.25, 0.3) is 6.01 Å². The fraction of sp³-hybridized carbons (Fsp3) is 0.381. The van der Waals surface area contributed by atoms with Crippen LogP contribution >= 0.6 is 11.6 Å². The van der Waals surface area contributed by atoms with E-state index in [1.54, 1.807) is 12.1 Å². The van der Waals surface area contributed by atoms with Crippen LogP contribution in [0, 0.1) is 5.41 Å². The quantitative estimate of drug-likeness (QED) is 0.653. The van der Waals surface area contributed by atoms with Crippen molar-refractivity contribution in [3.8, 4) is 5.88 Å². The fourth-order valence-corrected chi connectivity index (χ4v) is 4.12. The molecule has 152 valence electrons. The van der Waals surface area contributed by atoms with Crippen molar-refractivity contribution in [2.24, 2.45) is 5.41 Å². The number of nitrogens with zero attached hydrogens (tertiary/aromatic N) is 3. The van der Waals surface area contributed by atoms with Crippen molar-refractivity contribution >= 4 is 35.0 Å². The highest BCUT2D eigenvalue weighted by Crippen LogP contribution is 2.49. The van der Waals surface area contributed by atoms with Crippen LogP contribution in [0.5, 0.6) is 5.88 Å². The zero-order valence-corrected chi connectivity index (χ0v) is 17.1. The molecule has 5 rings (SSSR count). The van der Waals surface area contributed by atoms with Gasteiger partial charge < -0.3 is 19.4 Å². The standard InChI is InChI=1S/C14H16ClN3O.C7H7NO2/c1-16-10-5-14(6-10)7-18(8-14)13-17-11-4-9(15)2-3-12(11)19-13;1-10-7-3-2-6(5-9)4-8-7/h2-4,10,16H,5-8H2,1H3;2-5H,1H3. The number of methoxy groups -OCH3 is 1. The second kappa shape index (κ2) is 8.00. The van der Waals surface area contributed by atoms with Crippen molar-refractivity contribution in [2.75, 3.05) is 32.1 Å². The monoisotopic (exact) mass is 414 g/mol. The van der Waals surface area contributed by atoms with E-state index in [1.165, 1.54) is 26.1 Å². The topological polar surface area (TPSA) is 80.5 Å². The number of anilines is 1. The van der Waals surface area contributed by atoms with Crippen LogP contribution in [-0.4, -0.2) is 49.5 Å². The molecule has 1 aromatic carbocycles. The van der Waals surface area contributed by atoms with Gasteiger partial charge in [-0.25, -0.2) is 4.98 Å². The van der Waals surface area contributed by atoms with E-state index in [2.05, 4.69) is 20.2 Å². The third kappa shape index (κ3) is 4.06. The summed E-state index contributed by atoms with van der Waals surface area (Å²) in [6.07, 6.45) is 4.75. The molecule has 0 bridgehead atoms. The molecular weight excluding hydrogens is 392 g/mol. The van der Waals surface area contributed by atoms with Crippen molar-refractivity contribution in [2.45, 2.75) is 18.9 Å². The van der Waals surface area contributed by atoms with Gasteiger partial charge in [-0.1, -0.05) is 11.6 Å². The van der Waals surface area contributed by atoms with Crippen LogP contribution in [0.15, 0.2) is 40.9 Å². The Morgan fingerprint density at radius 3 is 2.72 bits per heavy atom. The largest absolute Gasteiger partial charge is 0.481 e.